The number of esters is 4. The zero-order valence-electron chi connectivity index (χ0n) is 33.5. The van der Waals surface area contributed by atoms with Crippen LogP contribution >= 0.6 is 23.5 Å². The second-order valence-electron chi connectivity index (χ2n) is 13.8. The van der Waals surface area contributed by atoms with Crippen molar-refractivity contribution in [3.63, 3.8) is 0 Å². The van der Waals surface area contributed by atoms with Crippen LogP contribution in [0.25, 0.3) is 0 Å². The predicted octanol–water partition coefficient (Wildman–Crippen LogP) is 2.43. The highest BCUT2D eigenvalue weighted by molar-refractivity contribution is 8.13. The van der Waals surface area contributed by atoms with Crippen LogP contribution in [0.15, 0.2) is 35.2 Å². The topological polar surface area (TPSA) is 237 Å². The van der Waals surface area contributed by atoms with Gasteiger partial charge in [0.25, 0.3) is 0 Å². The molecule has 8 atom stereocenters. The lowest BCUT2D eigenvalue weighted by Crippen LogP contribution is -2.63. The molecule has 318 valence electrons. The predicted molar refractivity (Wildman–Crippen MR) is 206 cm³/mol. The summed E-state index contributed by atoms with van der Waals surface area (Å²) in [4.78, 5) is 100. The van der Waals surface area contributed by atoms with Crippen molar-refractivity contribution in [1.82, 2.24) is 16.0 Å². The lowest BCUT2D eigenvalue weighted by atomic mass is 9.98. The van der Waals surface area contributed by atoms with Gasteiger partial charge in [0.1, 0.15) is 30.4 Å². The second kappa shape index (κ2) is 23.7. The fourth-order valence-electron chi connectivity index (χ4n) is 4.98. The molecule has 1 aliphatic rings. The molecule has 0 unspecified atom stereocenters. The first kappa shape index (κ1) is 48.7. The summed E-state index contributed by atoms with van der Waals surface area (Å²) in [7, 11) is 0. The number of nitrogens with one attached hydrogen (secondary N) is 3. The van der Waals surface area contributed by atoms with Crippen molar-refractivity contribution in [2.75, 3.05) is 24.7 Å². The molecular formula is C37H53N3O15S2. The van der Waals surface area contributed by atoms with Crippen molar-refractivity contribution in [1.29, 1.82) is 0 Å². The van der Waals surface area contributed by atoms with Crippen LogP contribution in [0.1, 0.15) is 68.7 Å². The zero-order valence-corrected chi connectivity index (χ0v) is 35.1. The van der Waals surface area contributed by atoms with Gasteiger partial charge in [0.15, 0.2) is 24.6 Å². The van der Waals surface area contributed by atoms with Crippen molar-refractivity contribution in [3.8, 4) is 0 Å². The summed E-state index contributed by atoms with van der Waals surface area (Å²) >= 11 is 2.22. The first-order chi connectivity index (χ1) is 26.7. The number of thioether (sulfide) groups is 2. The molecule has 1 fully saturated rings. The lowest BCUT2D eigenvalue weighted by Gasteiger charge is -2.44. The smallest absolute Gasteiger partial charge is 0.408 e. The van der Waals surface area contributed by atoms with Crippen molar-refractivity contribution in [3.05, 3.63) is 30.3 Å². The number of amides is 3. The molecular weight excluding hydrogens is 791 g/mol. The van der Waals surface area contributed by atoms with Gasteiger partial charge in [-0.05, 0) is 70.7 Å². The van der Waals surface area contributed by atoms with E-state index < -0.39 is 103 Å². The highest BCUT2D eigenvalue weighted by atomic mass is 32.2. The number of benzene rings is 1. The molecule has 0 radical (unpaired) electrons. The normalized spacial score (nSPS) is 20.7. The third kappa shape index (κ3) is 18.6. The van der Waals surface area contributed by atoms with E-state index in [4.69, 9.17) is 33.2 Å². The number of carbonyl (C=O) groups is 8. The highest BCUT2D eigenvalue weighted by Gasteiger charge is 2.52. The van der Waals surface area contributed by atoms with Gasteiger partial charge in [0.05, 0.1) is 12.6 Å². The van der Waals surface area contributed by atoms with Crippen molar-refractivity contribution in [2.24, 2.45) is 0 Å². The van der Waals surface area contributed by atoms with Crippen molar-refractivity contribution < 1.29 is 71.5 Å². The van der Waals surface area contributed by atoms with Crippen LogP contribution in [-0.4, -0.2) is 126 Å². The fraction of sp³-hybridized carbons (Fsp3) is 0.622. The lowest BCUT2D eigenvalue weighted by molar-refractivity contribution is -0.308. The Labute approximate surface area is 340 Å². The molecule has 3 amide bonds. The molecule has 1 aromatic rings. The van der Waals surface area contributed by atoms with Gasteiger partial charge in [-0.15, -0.1) is 0 Å². The number of hydrogen-bond donors (Lipinski definition) is 3. The van der Waals surface area contributed by atoms with E-state index in [0.29, 0.717) is 17.1 Å². The summed E-state index contributed by atoms with van der Waals surface area (Å²) in [6, 6.07) is 5.76. The van der Waals surface area contributed by atoms with E-state index >= 15 is 0 Å². The third-order valence-corrected chi connectivity index (χ3v) is 9.59. The minimum Gasteiger partial charge on any atom is -0.463 e. The van der Waals surface area contributed by atoms with Gasteiger partial charge in [0.2, 0.25) is 16.9 Å². The molecule has 18 nitrogen and oxygen atoms in total. The first-order valence-electron chi connectivity index (χ1n) is 18.0. The van der Waals surface area contributed by atoms with Crippen LogP contribution in [0.2, 0.25) is 0 Å². The van der Waals surface area contributed by atoms with Gasteiger partial charge in [-0.3, -0.25) is 33.6 Å². The molecule has 2 rings (SSSR count). The van der Waals surface area contributed by atoms with Crippen molar-refractivity contribution in [2.45, 2.75) is 128 Å². The van der Waals surface area contributed by atoms with E-state index in [1.807, 2.05) is 6.07 Å². The summed E-state index contributed by atoms with van der Waals surface area (Å²) in [6.07, 6.45) is -7.15. The van der Waals surface area contributed by atoms with Gasteiger partial charge in [-0.1, -0.05) is 18.2 Å². The summed E-state index contributed by atoms with van der Waals surface area (Å²) in [5, 5.41) is 7.40. The Hall–Kier alpha value is -4.40. The number of carbonyl (C=O) groups excluding carboxylic acids is 8. The minimum atomic E-state index is -1.39. The van der Waals surface area contributed by atoms with E-state index in [-0.39, 0.29) is 17.5 Å². The maximum Gasteiger partial charge on any atom is 0.408 e. The molecule has 0 bridgehead atoms. The Morgan fingerprint density at radius 1 is 0.754 bits per heavy atom. The fourth-order valence-corrected chi connectivity index (χ4v) is 6.70. The van der Waals surface area contributed by atoms with Gasteiger partial charge in [-0.25, -0.2) is 4.79 Å². The molecule has 0 spiro atoms. The molecule has 1 heterocycles. The monoisotopic (exact) mass is 843 g/mol. The summed E-state index contributed by atoms with van der Waals surface area (Å²) in [5.74, 6) is -3.90. The largest absolute Gasteiger partial charge is 0.463 e. The molecule has 20 heteroatoms. The SMILES string of the molecule is CC(=O)OC[C@H]1O[C@@H](OCCCSC[C@H](NC(=O)[C@H](C)NC(=O)OC(C)(C)C)C(=O)N[C@@H](C)C(=O)Sc2ccccc2)[C@H](OC(C)=O)[C@@H](OC(C)=O)[C@H]1OC(C)=O. The summed E-state index contributed by atoms with van der Waals surface area (Å²) in [6.45, 7) is 12.0. The Morgan fingerprint density at radius 3 is 1.93 bits per heavy atom. The first-order valence-corrected chi connectivity index (χ1v) is 20.0. The zero-order chi connectivity index (χ0) is 42.9. The standard InChI is InChI=1S/C37H53N3O15S2/c1-20(39-36(48)55-37(7,8)9)32(45)40-27(33(46)38-21(2)34(47)57-26-14-11-10-12-15-26)19-56-17-13-16-49-35-31(53-25(6)44)30(52-24(5)43)29(51-23(4)42)28(54-35)18-50-22(3)41/h10-12,14-15,20-21,27-31,35H,13,16-19H2,1-9H3,(H,38,46)(H,39,48)(H,40,45)/t20-,21-,27-,28+,29-,30-,31+,35+/m0/s1. The molecule has 0 aliphatic carbocycles. The Bertz CT molecular complexity index is 1560. The third-order valence-electron chi connectivity index (χ3n) is 7.38. The molecule has 1 saturated heterocycles. The maximum atomic E-state index is 13.5. The number of alkyl carbamates (subject to hydrolysis) is 1. The summed E-state index contributed by atoms with van der Waals surface area (Å²) in [5.41, 5.74) is -0.810. The molecule has 3 N–H and O–H groups in total. The number of ether oxygens (including phenoxy) is 7. The van der Waals surface area contributed by atoms with Crippen LogP contribution in [0, 0.1) is 0 Å². The van der Waals surface area contributed by atoms with Gasteiger partial charge in [0, 0.05) is 38.3 Å². The Kier molecular flexibility index (Phi) is 20.3. The Morgan fingerprint density at radius 2 is 1.35 bits per heavy atom. The van der Waals surface area contributed by atoms with Crippen LogP contribution < -0.4 is 16.0 Å². The number of hydrogen-bond acceptors (Lipinski definition) is 17. The highest BCUT2D eigenvalue weighted by Crippen LogP contribution is 2.30. The molecule has 0 aromatic heterocycles. The van der Waals surface area contributed by atoms with Gasteiger partial charge < -0.3 is 49.1 Å². The molecule has 1 aromatic carbocycles. The quantitative estimate of drug-likeness (QED) is 0.0785. The molecule has 57 heavy (non-hydrogen) atoms. The van der Waals surface area contributed by atoms with E-state index in [2.05, 4.69) is 16.0 Å². The van der Waals surface area contributed by atoms with E-state index in [0.717, 1.165) is 39.5 Å². The average molecular weight is 844 g/mol. The number of rotatable bonds is 19. The maximum absolute atomic E-state index is 13.5. The second-order valence-corrected chi connectivity index (χ2v) is 16.0. The van der Waals surface area contributed by atoms with Crippen LogP contribution in [0.3, 0.4) is 0 Å². The average Bonchev–Trinajstić information content (AvgIpc) is 3.09. The van der Waals surface area contributed by atoms with E-state index in [1.165, 1.54) is 25.6 Å². The van der Waals surface area contributed by atoms with Crippen LogP contribution in [-0.2, 0) is 66.7 Å². The van der Waals surface area contributed by atoms with Gasteiger partial charge in [-0.2, -0.15) is 11.8 Å². The van der Waals surface area contributed by atoms with Crippen LogP contribution in [0.5, 0.6) is 0 Å². The summed E-state index contributed by atoms with van der Waals surface area (Å²) < 4.78 is 38.4. The minimum absolute atomic E-state index is 0.0248. The van der Waals surface area contributed by atoms with E-state index in [1.54, 1.807) is 45.0 Å². The van der Waals surface area contributed by atoms with Crippen LogP contribution in [0.4, 0.5) is 4.79 Å². The molecule has 0 saturated carbocycles. The Balaban J connectivity index is 2.14. The van der Waals surface area contributed by atoms with Crippen molar-refractivity contribution >= 4 is 70.4 Å². The van der Waals surface area contributed by atoms with E-state index in [9.17, 15) is 38.4 Å². The van der Waals surface area contributed by atoms with Gasteiger partial charge >= 0.3 is 30.0 Å². The molecule has 1 aliphatic heterocycles.